The van der Waals surface area contributed by atoms with E-state index in [-0.39, 0.29) is 5.56 Å². The van der Waals surface area contributed by atoms with Crippen molar-refractivity contribution in [2.24, 2.45) is 14.1 Å². The molecular formula is C10H13N3O. The molecule has 2 aromatic rings. The third kappa shape index (κ3) is 0.999. The van der Waals surface area contributed by atoms with Gasteiger partial charge in [0.1, 0.15) is 11.3 Å². The van der Waals surface area contributed by atoms with E-state index in [4.69, 9.17) is 0 Å². The van der Waals surface area contributed by atoms with Crippen LogP contribution in [-0.4, -0.2) is 14.1 Å². The number of hydrogen-bond acceptors (Lipinski definition) is 2. The van der Waals surface area contributed by atoms with Crippen LogP contribution in [0.3, 0.4) is 0 Å². The Balaban J connectivity index is 3.11. The van der Waals surface area contributed by atoms with Gasteiger partial charge in [-0.15, -0.1) is 0 Å². The molecule has 0 unspecified atom stereocenters. The average Bonchev–Trinajstić information content (AvgIpc) is 2.41. The van der Waals surface area contributed by atoms with Crippen LogP contribution < -0.4 is 5.56 Å². The Morgan fingerprint density at radius 1 is 1.29 bits per heavy atom. The van der Waals surface area contributed by atoms with Crippen LogP contribution in [-0.2, 0) is 14.1 Å². The number of hydrogen-bond donors (Lipinski definition) is 0. The number of pyridine rings is 1. The lowest BCUT2D eigenvalue weighted by Crippen LogP contribution is -2.18. The highest BCUT2D eigenvalue weighted by atomic mass is 16.1. The maximum Gasteiger partial charge on any atom is 0.276 e. The van der Waals surface area contributed by atoms with E-state index in [9.17, 15) is 4.79 Å². The van der Waals surface area contributed by atoms with Gasteiger partial charge in [0.2, 0.25) is 0 Å². The Bertz CT molecular complexity index is 563. The molecule has 14 heavy (non-hydrogen) atoms. The minimum Gasteiger partial charge on any atom is -0.327 e. The molecule has 2 rings (SSSR count). The number of aromatic nitrogens is 3. The minimum absolute atomic E-state index is 0.00806. The van der Waals surface area contributed by atoms with E-state index in [2.05, 4.69) is 4.98 Å². The molecule has 0 aromatic carbocycles. The van der Waals surface area contributed by atoms with Crippen molar-refractivity contribution in [2.75, 3.05) is 0 Å². The van der Waals surface area contributed by atoms with E-state index < -0.39 is 0 Å². The highest BCUT2D eigenvalue weighted by molar-refractivity contribution is 5.78. The fraction of sp³-hybridized carbons (Fsp3) is 0.400. The zero-order chi connectivity index (χ0) is 10.5. The molecule has 0 saturated heterocycles. The molecule has 0 saturated carbocycles. The summed E-state index contributed by atoms with van der Waals surface area (Å²) in [6, 6.07) is 0. The summed E-state index contributed by atoms with van der Waals surface area (Å²) in [5.74, 6) is 0.867. The van der Waals surface area contributed by atoms with E-state index in [0.29, 0.717) is 5.52 Å². The van der Waals surface area contributed by atoms with Crippen LogP contribution in [0, 0.1) is 13.8 Å². The summed E-state index contributed by atoms with van der Waals surface area (Å²) in [4.78, 5) is 16.2. The van der Waals surface area contributed by atoms with Gasteiger partial charge in [-0.1, -0.05) is 0 Å². The topological polar surface area (TPSA) is 39.8 Å². The molecule has 0 aliphatic heterocycles. The summed E-state index contributed by atoms with van der Waals surface area (Å²) in [5, 5.41) is 0. The van der Waals surface area contributed by atoms with Crippen molar-refractivity contribution >= 4 is 11.0 Å². The molecule has 4 heteroatoms. The quantitative estimate of drug-likeness (QED) is 0.620. The third-order valence-corrected chi connectivity index (χ3v) is 2.60. The number of nitrogens with zero attached hydrogens (tertiary/aromatic N) is 3. The number of rotatable bonds is 0. The summed E-state index contributed by atoms with van der Waals surface area (Å²) in [6.07, 6.45) is 1.82. The molecule has 0 N–H and O–H groups in total. The molecule has 0 atom stereocenters. The second-order valence-corrected chi connectivity index (χ2v) is 3.64. The zero-order valence-electron chi connectivity index (χ0n) is 8.83. The highest BCUT2D eigenvalue weighted by Crippen LogP contribution is 2.13. The summed E-state index contributed by atoms with van der Waals surface area (Å²) >= 11 is 0. The van der Waals surface area contributed by atoms with E-state index in [1.54, 1.807) is 11.6 Å². The molecule has 0 bridgehead atoms. The van der Waals surface area contributed by atoms with Crippen molar-refractivity contribution in [1.29, 1.82) is 0 Å². The highest BCUT2D eigenvalue weighted by Gasteiger charge is 2.11. The summed E-state index contributed by atoms with van der Waals surface area (Å²) in [5.41, 5.74) is 2.54. The largest absolute Gasteiger partial charge is 0.327 e. The van der Waals surface area contributed by atoms with Crippen molar-refractivity contribution in [2.45, 2.75) is 13.8 Å². The van der Waals surface area contributed by atoms with Gasteiger partial charge in [0.05, 0.1) is 5.52 Å². The molecule has 0 spiro atoms. The molecule has 2 aromatic heterocycles. The first-order chi connectivity index (χ1) is 6.52. The first-order valence-electron chi connectivity index (χ1n) is 4.51. The van der Waals surface area contributed by atoms with Gasteiger partial charge in [-0.2, -0.15) is 0 Å². The van der Waals surface area contributed by atoms with Crippen molar-refractivity contribution in [3.05, 3.63) is 27.9 Å². The molecule has 0 aliphatic rings. The fourth-order valence-corrected chi connectivity index (χ4v) is 1.71. The van der Waals surface area contributed by atoms with Crippen LogP contribution in [0.25, 0.3) is 11.0 Å². The van der Waals surface area contributed by atoms with Crippen molar-refractivity contribution < 1.29 is 0 Å². The average molecular weight is 191 g/mol. The van der Waals surface area contributed by atoms with Crippen LogP contribution in [0.15, 0.2) is 11.0 Å². The monoisotopic (exact) mass is 191 g/mol. The van der Waals surface area contributed by atoms with E-state index >= 15 is 0 Å². The van der Waals surface area contributed by atoms with Gasteiger partial charge >= 0.3 is 0 Å². The van der Waals surface area contributed by atoms with Gasteiger partial charge < -0.3 is 9.13 Å². The van der Waals surface area contributed by atoms with Crippen LogP contribution >= 0.6 is 0 Å². The molecule has 0 radical (unpaired) electrons. The number of aryl methyl sites for hydroxylation is 4. The molecule has 74 valence electrons. The Morgan fingerprint density at radius 3 is 2.57 bits per heavy atom. The minimum atomic E-state index is 0.00806. The molecule has 2 heterocycles. The second-order valence-electron chi connectivity index (χ2n) is 3.64. The molecular weight excluding hydrogens is 178 g/mol. The number of imidazole rings is 1. The fourth-order valence-electron chi connectivity index (χ4n) is 1.71. The third-order valence-electron chi connectivity index (χ3n) is 2.60. The maximum absolute atomic E-state index is 11.8. The lowest BCUT2D eigenvalue weighted by atomic mass is 10.2. The standard InChI is InChI=1S/C10H13N3O/c1-6-5-12(3)10(14)9-8(6)11-7(2)13(9)4/h5H,1-4H3. The Morgan fingerprint density at radius 2 is 1.93 bits per heavy atom. The Labute approximate surface area is 81.8 Å². The van der Waals surface area contributed by atoms with Gasteiger partial charge in [-0.05, 0) is 19.4 Å². The van der Waals surface area contributed by atoms with E-state index in [1.165, 1.54) is 0 Å². The number of fused-ring (bicyclic) bond motifs is 1. The Hall–Kier alpha value is -1.58. The lowest BCUT2D eigenvalue weighted by molar-refractivity contribution is 0.835. The zero-order valence-corrected chi connectivity index (χ0v) is 8.83. The Kier molecular flexibility index (Phi) is 1.74. The molecule has 0 fully saturated rings. The van der Waals surface area contributed by atoms with Gasteiger partial charge in [-0.3, -0.25) is 4.79 Å². The smallest absolute Gasteiger partial charge is 0.276 e. The van der Waals surface area contributed by atoms with Crippen molar-refractivity contribution in [1.82, 2.24) is 14.1 Å². The van der Waals surface area contributed by atoms with Gasteiger partial charge in [-0.25, -0.2) is 4.98 Å². The lowest BCUT2D eigenvalue weighted by Gasteiger charge is -2.01. The maximum atomic E-state index is 11.8. The van der Waals surface area contributed by atoms with E-state index in [1.807, 2.05) is 31.7 Å². The van der Waals surface area contributed by atoms with Crippen LogP contribution in [0.1, 0.15) is 11.4 Å². The van der Waals surface area contributed by atoms with Crippen LogP contribution in [0.2, 0.25) is 0 Å². The summed E-state index contributed by atoms with van der Waals surface area (Å²) < 4.78 is 3.43. The first kappa shape index (κ1) is 8.99. The van der Waals surface area contributed by atoms with Gasteiger partial charge in [0.25, 0.3) is 5.56 Å². The van der Waals surface area contributed by atoms with Gasteiger partial charge in [0, 0.05) is 20.3 Å². The summed E-state index contributed by atoms with van der Waals surface area (Å²) in [6.45, 7) is 3.87. The SMILES string of the molecule is Cc1cn(C)c(=O)c2c1nc(C)n2C. The van der Waals surface area contributed by atoms with E-state index in [0.717, 1.165) is 16.9 Å². The summed E-state index contributed by atoms with van der Waals surface area (Å²) in [7, 11) is 3.63. The second kappa shape index (κ2) is 2.70. The van der Waals surface area contributed by atoms with Crippen molar-refractivity contribution in [3.8, 4) is 0 Å². The van der Waals surface area contributed by atoms with Crippen molar-refractivity contribution in [3.63, 3.8) is 0 Å². The van der Waals surface area contributed by atoms with Crippen LogP contribution in [0.4, 0.5) is 0 Å². The molecule has 0 aliphatic carbocycles. The first-order valence-corrected chi connectivity index (χ1v) is 4.51. The predicted molar refractivity (Wildman–Crippen MR) is 55.4 cm³/mol. The molecule has 0 amide bonds. The van der Waals surface area contributed by atoms with Crippen LogP contribution in [0.5, 0.6) is 0 Å². The predicted octanol–water partition coefficient (Wildman–Crippen LogP) is 0.889. The molecule has 4 nitrogen and oxygen atoms in total. The normalized spacial score (nSPS) is 11.1. The van der Waals surface area contributed by atoms with Gasteiger partial charge in [0.15, 0.2) is 0 Å².